The van der Waals surface area contributed by atoms with Gasteiger partial charge < -0.3 is 0 Å². The molecule has 0 aliphatic heterocycles. The molecule has 0 saturated carbocycles. The van der Waals surface area contributed by atoms with Crippen molar-refractivity contribution in [1.29, 1.82) is 0 Å². The summed E-state index contributed by atoms with van der Waals surface area (Å²) in [6.07, 6.45) is 7.01. The first-order valence-corrected chi connectivity index (χ1v) is 8.21. The molecule has 0 radical (unpaired) electrons. The normalized spacial score (nSPS) is 9.76. The predicted molar refractivity (Wildman–Crippen MR) is 82.1 cm³/mol. The highest BCUT2D eigenvalue weighted by molar-refractivity contribution is 7.20. The van der Waals surface area contributed by atoms with Gasteiger partial charge in [-0.25, -0.2) is 0 Å². The number of hydrogen-bond acceptors (Lipinski definition) is 2. The molecule has 94 valence electrons. The Hall–Kier alpha value is -0.600. The van der Waals surface area contributed by atoms with Gasteiger partial charge >= 0.3 is 0 Å². The van der Waals surface area contributed by atoms with Gasteiger partial charge in [0.15, 0.2) is 0 Å². The SMILES string of the molecule is CCCCCCC.c1csc(-c2cccs2)c1. The Balaban J connectivity index is 0.000000185. The highest BCUT2D eigenvalue weighted by Gasteiger charge is 1.96. The highest BCUT2D eigenvalue weighted by Crippen LogP contribution is 2.28. The van der Waals surface area contributed by atoms with Gasteiger partial charge in [-0.15, -0.1) is 22.7 Å². The molecule has 0 amide bonds. The molecular formula is C15H22S2. The summed E-state index contributed by atoms with van der Waals surface area (Å²) in [7, 11) is 0. The van der Waals surface area contributed by atoms with Crippen molar-refractivity contribution in [2.75, 3.05) is 0 Å². The third-order valence-corrected chi connectivity index (χ3v) is 4.43. The molecule has 0 unspecified atom stereocenters. The van der Waals surface area contributed by atoms with Crippen molar-refractivity contribution in [3.8, 4) is 9.75 Å². The molecule has 17 heavy (non-hydrogen) atoms. The van der Waals surface area contributed by atoms with E-state index in [0.29, 0.717) is 0 Å². The standard InChI is InChI=1S/C8H6S2.C7H16/c1-3-7(9-5-1)8-4-2-6-10-8;1-3-5-7-6-4-2/h1-6H;3-7H2,1-2H3. The van der Waals surface area contributed by atoms with Gasteiger partial charge in [-0.3, -0.25) is 0 Å². The van der Waals surface area contributed by atoms with E-state index in [-0.39, 0.29) is 0 Å². The summed E-state index contributed by atoms with van der Waals surface area (Å²) in [5, 5.41) is 4.21. The molecule has 0 spiro atoms. The Morgan fingerprint density at radius 3 is 1.53 bits per heavy atom. The van der Waals surface area contributed by atoms with Gasteiger partial charge in [0.05, 0.1) is 0 Å². The Morgan fingerprint density at radius 1 is 0.765 bits per heavy atom. The average Bonchev–Trinajstić information content (AvgIpc) is 3.03. The lowest BCUT2D eigenvalue weighted by Crippen LogP contribution is -1.70. The van der Waals surface area contributed by atoms with Crippen molar-refractivity contribution in [2.45, 2.75) is 46.0 Å². The second-order valence-electron chi connectivity index (χ2n) is 4.02. The number of thiophene rings is 2. The van der Waals surface area contributed by atoms with Gasteiger partial charge in [0.1, 0.15) is 0 Å². The molecule has 2 aromatic rings. The molecule has 0 aliphatic rings. The third kappa shape index (κ3) is 6.04. The van der Waals surface area contributed by atoms with Crippen LogP contribution < -0.4 is 0 Å². The Bertz CT molecular complexity index is 310. The summed E-state index contributed by atoms with van der Waals surface area (Å²) in [5.41, 5.74) is 0. The zero-order valence-corrected chi connectivity index (χ0v) is 12.4. The molecule has 2 heteroatoms. The lowest BCUT2D eigenvalue weighted by molar-refractivity contribution is 0.656. The van der Waals surface area contributed by atoms with Crippen LogP contribution in [0, 0.1) is 0 Å². The molecule has 0 fully saturated rings. The fourth-order valence-corrected chi connectivity index (χ4v) is 3.09. The van der Waals surface area contributed by atoms with Crippen molar-refractivity contribution < 1.29 is 0 Å². The summed E-state index contributed by atoms with van der Waals surface area (Å²) in [5.74, 6) is 0. The second kappa shape index (κ2) is 9.43. The van der Waals surface area contributed by atoms with Crippen LogP contribution >= 0.6 is 22.7 Å². The maximum atomic E-state index is 2.25. The Labute approximate surface area is 113 Å². The van der Waals surface area contributed by atoms with Crippen LogP contribution in [0.2, 0.25) is 0 Å². The van der Waals surface area contributed by atoms with Crippen molar-refractivity contribution in [1.82, 2.24) is 0 Å². The van der Waals surface area contributed by atoms with Gasteiger partial charge in [0, 0.05) is 9.75 Å². The van der Waals surface area contributed by atoms with Crippen molar-refractivity contribution in [2.24, 2.45) is 0 Å². The molecular weight excluding hydrogens is 244 g/mol. The highest BCUT2D eigenvalue weighted by atomic mass is 32.1. The summed E-state index contributed by atoms with van der Waals surface area (Å²) in [6.45, 7) is 4.49. The van der Waals surface area contributed by atoms with E-state index in [1.807, 2.05) is 0 Å². The molecule has 0 aromatic carbocycles. The lowest BCUT2D eigenvalue weighted by Gasteiger charge is -1.90. The van der Waals surface area contributed by atoms with Crippen LogP contribution in [0.3, 0.4) is 0 Å². The van der Waals surface area contributed by atoms with Crippen LogP contribution in [0.25, 0.3) is 9.75 Å². The van der Waals surface area contributed by atoms with Crippen LogP contribution in [-0.4, -0.2) is 0 Å². The van der Waals surface area contributed by atoms with Crippen LogP contribution in [-0.2, 0) is 0 Å². The Kier molecular flexibility index (Phi) is 8.02. The Morgan fingerprint density at radius 2 is 1.24 bits per heavy atom. The first-order valence-electron chi connectivity index (χ1n) is 6.45. The maximum Gasteiger partial charge on any atom is 0.0442 e. The van der Waals surface area contributed by atoms with E-state index in [1.54, 1.807) is 22.7 Å². The minimum atomic E-state index is 1.36. The molecule has 2 rings (SSSR count). The molecule has 0 saturated heterocycles. The van der Waals surface area contributed by atoms with E-state index in [0.717, 1.165) is 0 Å². The lowest BCUT2D eigenvalue weighted by atomic mass is 10.2. The van der Waals surface area contributed by atoms with Gasteiger partial charge in [-0.05, 0) is 22.9 Å². The van der Waals surface area contributed by atoms with Crippen molar-refractivity contribution in [3.05, 3.63) is 35.0 Å². The van der Waals surface area contributed by atoms with Crippen molar-refractivity contribution >= 4 is 22.7 Å². The summed E-state index contributed by atoms with van der Waals surface area (Å²) < 4.78 is 0. The number of unbranched alkanes of at least 4 members (excludes halogenated alkanes) is 4. The van der Waals surface area contributed by atoms with E-state index in [1.165, 1.54) is 41.9 Å². The summed E-state index contributed by atoms with van der Waals surface area (Å²) in [4.78, 5) is 2.74. The average molecular weight is 266 g/mol. The molecule has 2 aromatic heterocycles. The molecule has 2 heterocycles. The fourth-order valence-electron chi connectivity index (χ4n) is 1.51. The third-order valence-electron chi connectivity index (χ3n) is 2.49. The minimum absolute atomic E-state index is 1.36. The van der Waals surface area contributed by atoms with Crippen LogP contribution in [0.1, 0.15) is 46.0 Å². The van der Waals surface area contributed by atoms with Gasteiger partial charge in [-0.2, -0.15) is 0 Å². The number of rotatable bonds is 5. The molecule has 0 aliphatic carbocycles. The molecule has 0 bridgehead atoms. The van der Waals surface area contributed by atoms with Crippen LogP contribution in [0.15, 0.2) is 35.0 Å². The first kappa shape index (κ1) is 14.5. The van der Waals surface area contributed by atoms with Crippen molar-refractivity contribution in [3.63, 3.8) is 0 Å². The van der Waals surface area contributed by atoms with Gasteiger partial charge in [-0.1, -0.05) is 58.1 Å². The summed E-state index contributed by atoms with van der Waals surface area (Å²) >= 11 is 3.58. The predicted octanol–water partition coefficient (Wildman–Crippen LogP) is 6.45. The molecule has 0 nitrogen and oxygen atoms in total. The van der Waals surface area contributed by atoms with Gasteiger partial charge in [0.2, 0.25) is 0 Å². The molecule has 0 atom stereocenters. The van der Waals surface area contributed by atoms with E-state index < -0.39 is 0 Å². The van der Waals surface area contributed by atoms with E-state index in [9.17, 15) is 0 Å². The smallest absolute Gasteiger partial charge is 0.0442 e. The monoisotopic (exact) mass is 266 g/mol. The van der Waals surface area contributed by atoms with E-state index in [2.05, 4.69) is 48.9 Å². The zero-order valence-electron chi connectivity index (χ0n) is 10.8. The van der Waals surface area contributed by atoms with Crippen LogP contribution in [0.4, 0.5) is 0 Å². The largest absolute Gasteiger partial charge is 0.143 e. The summed E-state index contributed by atoms with van der Waals surface area (Å²) in [6, 6.07) is 8.46. The van der Waals surface area contributed by atoms with E-state index in [4.69, 9.17) is 0 Å². The quantitative estimate of drug-likeness (QED) is 0.545. The fraction of sp³-hybridized carbons (Fsp3) is 0.467. The maximum absolute atomic E-state index is 2.25. The number of hydrogen-bond donors (Lipinski definition) is 0. The zero-order chi connectivity index (χ0) is 12.3. The topological polar surface area (TPSA) is 0 Å². The first-order chi connectivity index (χ1) is 8.38. The van der Waals surface area contributed by atoms with Crippen LogP contribution in [0.5, 0.6) is 0 Å². The van der Waals surface area contributed by atoms with Gasteiger partial charge in [0.25, 0.3) is 0 Å². The minimum Gasteiger partial charge on any atom is -0.143 e. The second-order valence-corrected chi connectivity index (χ2v) is 5.91. The van der Waals surface area contributed by atoms with E-state index >= 15 is 0 Å². The molecule has 0 N–H and O–H groups in total.